The van der Waals surface area contributed by atoms with Gasteiger partial charge in [-0.15, -0.1) is 0 Å². The minimum Gasteiger partial charge on any atom is -0.388 e. The van der Waals surface area contributed by atoms with Crippen LogP contribution in [0.2, 0.25) is 0 Å². The Kier molecular flexibility index (Phi) is 7.65. The van der Waals surface area contributed by atoms with Gasteiger partial charge in [-0.3, -0.25) is 0 Å². The fraction of sp³-hybridized carbons (Fsp3) is 0.750. The lowest BCUT2D eigenvalue weighted by Gasteiger charge is -2.13. The summed E-state index contributed by atoms with van der Waals surface area (Å²) in [5, 5.41) is 18.3. The monoisotopic (exact) mass is 264 g/mol. The van der Waals surface area contributed by atoms with E-state index in [4.69, 9.17) is 0 Å². The van der Waals surface area contributed by atoms with Crippen LogP contribution < -0.4 is 0 Å². The first kappa shape index (κ1) is 16.1. The van der Waals surface area contributed by atoms with Crippen LogP contribution in [0.5, 0.6) is 0 Å². The molecule has 108 valence electrons. The van der Waals surface area contributed by atoms with Gasteiger partial charge in [-0.05, 0) is 26.3 Å². The lowest BCUT2D eigenvalue weighted by Crippen LogP contribution is -2.04. The standard InChI is InChI=1S/C16H28N2O/c1-4-5-6-7-8-9-10-11-16(19)15-12-13(2)17-18-14(15)3/h12,16,19H,4-11H2,1-3H3. The van der Waals surface area contributed by atoms with E-state index in [1.54, 1.807) is 0 Å². The number of unbranched alkanes of at least 4 members (excludes halogenated alkanes) is 6. The van der Waals surface area contributed by atoms with Gasteiger partial charge in [0.1, 0.15) is 0 Å². The topological polar surface area (TPSA) is 46.0 Å². The second-order valence-electron chi connectivity index (χ2n) is 5.45. The maximum Gasteiger partial charge on any atom is 0.0808 e. The van der Waals surface area contributed by atoms with E-state index >= 15 is 0 Å². The summed E-state index contributed by atoms with van der Waals surface area (Å²) in [7, 11) is 0. The second-order valence-corrected chi connectivity index (χ2v) is 5.45. The molecule has 0 bridgehead atoms. The SMILES string of the molecule is CCCCCCCCCC(O)c1cc(C)nnc1C. The minimum atomic E-state index is -0.384. The van der Waals surface area contributed by atoms with E-state index in [1.807, 2.05) is 19.9 Å². The number of aliphatic hydroxyl groups is 1. The molecule has 0 saturated carbocycles. The molecular formula is C16H28N2O. The Labute approximate surface area is 117 Å². The normalized spacial score (nSPS) is 12.6. The van der Waals surface area contributed by atoms with E-state index in [2.05, 4.69) is 17.1 Å². The lowest BCUT2D eigenvalue weighted by molar-refractivity contribution is 0.162. The summed E-state index contributed by atoms with van der Waals surface area (Å²) in [6.07, 6.45) is 9.38. The highest BCUT2D eigenvalue weighted by atomic mass is 16.3. The number of hydrogen-bond donors (Lipinski definition) is 1. The number of rotatable bonds is 9. The van der Waals surface area contributed by atoms with E-state index in [1.165, 1.54) is 38.5 Å². The van der Waals surface area contributed by atoms with Gasteiger partial charge < -0.3 is 5.11 Å². The van der Waals surface area contributed by atoms with Gasteiger partial charge >= 0.3 is 0 Å². The highest BCUT2D eigenvalue weighted by Crippen LogP contribution is 2.22. The first-order valence-corrected chi connectivity index (χ1v) is 7.64. The summed E-state index contributed by atoms with van der Waals surface area (Å²) >= 11 is 0. The molecule has 19 heavy (non-hydrogen) atoms. The van der Waals surface area contributed by atoms with Crippen molar-refractivity contribution in [2.45, 2.75) is 78.2 Å². The Hall–Kier alpha value is -0.960. The molecule has 1 rings (SSSR count). The van der Waals surface area contributed by atoms with E-state index in [0.717, 1.165) is 29.8 Å². The number of aryl methyl sites for hydroxylation is 2. The van der Waals surface area contributed by atoms with Crippen molar-refractivity contribution in [3.05, 3.63) is 23.0 Å². The first-order valence-electron chi connectivity index (χ1n) is 7.64. The fourth-order valence-electron chi connectivity index (χ4n) is 2.36. The summed E-state index contributed by atoms with van der Waals surface area (Å²) in [6, 6.07) is 1.95. The van der Waals surface area contributed by atoms with Gasteiger partial charge in [-0.2, -0.15) is 10.2 Å². The zero-order valence-electron chi connectivity index (χ0n) is 12.7. The van der Waals surface area contributed by atoms with Crippen LogP contribution in [-0.2, 0) is 0 Å². The van der Waals surface area contributed by atoms with Crippen molar-refractivity contribution < 1.29 is 5.11 Å². The molecule has 1 aromatic rings. The largest absolute Gasteiger partial charge is 0.388 e. The van der Waals surface area contributed by atoms with Gasteiger partial charge in [0.2, 0.25) is 0 Å². The second kappa shape index (κ2) is 9.03. The highest BCUT2D eigenvalue weighted by molar-refractivity contribution is 5.22. The van der Waals surface area contributed by atoms with Crippen molar-refractivity contribution in [2.24, 2.45) is 0 Å². The average molecular weight is 264 g/mol. The molecule has 3 heteroatoms. The summed E-state index contributed by atoms with van der Waals surface area (Å²) in [5.74, 6) is 0. The molecule has 0 radical (unpaired) electrons. The van der Waals surface area contributed by atoms with Gasteiger partial charge in [-0.1, -0.05) is 51.9 Å². The van der Waals surface area contributed by atoms with E-state index in [-0.39, 0.29) is 6.10 Å². The van der Waals surface area contributed by atoms with Crippen LogP contribution in [0.4, 0.5) is 0 Å². The van der Waals surface area contributed by atoms with Crippen molar-refractivity contribution >= 4 is 0 Å². The molecule has 0 aliphatic carbocycles. The van der Waals surface area contributed by atoms with Crippen molar-refractivity contribution in [3.8, 4) is 0 Å². The molecule has 1 aromatic heterocycles. The number of aromatic nitrogens is 2. The molecule has 3 nitrogen and oxygen atoms in total. The summed E-state index contributed by atoms with van der Waals surface area (Å²) in [5.41, 5.74) is 2.67. The van der Waals surface area contributed by atoms with E-state index < -0.39 is 0 Å². The smallest absolute Gasteiger partial charge is 0.0808 e. The Morgan fingerprint density at radius 1 is 1.00 bits per heavy atom. The minimum absolute atomic E-state index is 0.384. The van der Waals surface area contributed by atoms with E-state index in [9.17, 15) is 5.11 Å². The number of hydrogen-bond acceptors (Lipinski definition) is 3. The molecule has 0 aliphatic heterocycles. The molecule has 0 fully saturated rings. The van der Waals surface area contributed by atoms with E-state index in [0.29, 0.717) is 0 Å². The van der Waals surface area contributed by atoms with Crippen LogP contribution in [0.15, 0.2) is 6.07 Å². The maximum atomic E-state index is 10.2. The molecule has 0 spiro atoms. The van der Waals surface area contributed by atoms with Crippen molar-refractivity contribution in [1.29, 1.82) is 0 Å². The van der Waals surface area contributed by atoms with Crippen molar-refractivity contribution in [3.63, 3.8) is 0 Å². The van der Waals surface area contributed by atoms with Crippen LogP contribution in [-0.4, -0.2) is 15.3 Å². The van der Waals surface area contributed by atoms with Crippen LogP contribution >= 0.6 is 0 Å². The van der Waals surface area contributed by atoms with Gasteiger partial charge in [-0.25, -0.2) is 0 Å². The molecule has 0 saturated heterocycles. The molecule has 0 amide bonds. The maximum absolute atomic E-state index is 10.2. The molecule has 0 aliphatic rings. The quantitative estimate of drug-likeness (QED) is 0.678. The van der Waals surface area contributed by atoms with Crippen LogP contribution in [0.1, 0.15) is 81.3 Å². The third kappa shape index (κ3) is 6.15. The molecule has 1 N–H and O–H groups in total. The highest BCUT2D eigenvalue weighted by Gasteiger charge is 2.11. The fourth-order valence-corrected chi connectivity index (χ4v) is 2.36. The van der Waals surface area contributed by atoms with Gasteiger partial charge in [0, 0.05) is 5.56 Å². The average Bonchev–Trinajstić information content (AvgIpc) is 2.40. The molecule has 0 aromatic carbocycles. The predicted octanol–water partition coefficient (Wildman–Crippen LogP) is 4.27. The molecule has 1 heterocycles. The Balaban J connectivity index is 2.23. The van der Waals surface area contributed by atoms with Crippen LogP contribution in [0, 0.1) is 13.8 Å². The zero-order chi connectivity index (χ0) is 14.1. The zero-order valence-corrected chi connectivity index (χ0v) is 12.7. The Morgan fingerprint density at radius 3 is 2.32 bits per heavy atom. The molecular weight excluding hydrogens is 236 g/mol. The summed E-state index contributed by atoms with van der Waals surface area (Å²) in [4.78, 5) is 0. The Morgan fingerprint density at radius 2 is 1.63 bits per heavy atom. The third-order valence-corrected chi connectivity index (χ3v) is 3.58. The molecule has 1 atom stereocenters. The summed E-state index contributed by atoms with van der Waals surface area (Å²) < 4.78 is 0. The summed E-state index contributed by atoms with van der Waals surface area (Å²) in [6.45, 7) is 6.07. The van der Waals surface area contributed by atoms with Gasteiger partial charge in [0.05, 0.1) is 17.5 Å². The van der Waals surface area contributed by atoms with Crippen LogP contribution in [0.25, 0.3) is 0 Å². The van der Waals surface area contributed by atoms with Gasteiger partial charge in [0.25, 0.3) is 0 Å². The number of nitrogens with zero attached hydrogens (tertiary/aromatic N) is 2. The van der Waals surface area contributed by atoms with Crippen LogP contribution in [0.3, 0.4) is 0 Å². The van der Waals surface area contributed by atoms with Crippen molar-refractivity contribution in [1.82, 2.24) is 10.2 Å². The first-order chi connectivity index (χ1) is 9.15. The number of aliphatic hydroxyl groups excluding tert-OH is 1. The third-order valence-electron chi connectivity index (χ3n) is 3.58. The predicted molar refractivity (Wildman–Crippen MR) is 79.1 cm³/mol. The van der Waals surface area contributed by atoms with Crippen molar-refractivity contribution in [2.75, 3.05) is 0 Å². The molecule has 1 unspecified atom stereocenters. The van der Waals surface area contributed by atoms with Gasteiger partial charge in [0.15, 0.2) is 0 Å². The Bertz CT molecular complexity index is 366. The lowest BCUT2D eigenvalue weighted by atomic mass is 10.0.